The number of carboxylic acid groups (broad SMARTS) is 1. The fraction of sp³-hybridized carbons (Fsp3) is 0.900. The molecule has 0 saturated heterocycles. The summed E-state index contributed by atoms with van der Waals surface area (Å²) in [6.07, 6.45) is 5.74. The van der Waals surface area contributed by atoms with Gasteiger partial charge in [0.25, 0.3) is 0 Å². The van der Waals surface area contributed by atoms with E-state index in [2.05, 4.69) is 12.2 Å². The van der Waals surface area contributed by atoms with Crippen LogP contribution in [0.25, 0.3) is 0 Å². The molecule has 1 fully saturated rings. The molecule has 1 aliphatic rings. The van der Waals surface area contributed by atoms with Gasteiger partial charge in [0, 0.05) is 5.54 Å². The zero-order chi connectivity index (χ0) is 9.90. The molecule has 0 aromatic carbocycles. The SMILES string of the molecule is CCC1(N[C@@H](C)C(=O)O)CCCC1. The molecular weight excluding hydrogens is 166 g/mol. The van der Waals surface area contributed by atoms with Gasteiger partial charge in [-0.25, -0.2) is 0 Å². The monoisotopic (exact) mass is 185 g/mol. The topological polar surface area (TPSA) is 49.3 Å². The number of aliphatic carboxylic acids is 1. The van der Waals surface area contributed by atoms with E-state index >= 15 is 0 Å². The zero-order valence-electron chi connectivity index (χ0n) is 8.47. The Morgan fingerprint density at radius 2 is 2.08 bits per heavy atom. The van der Waals surface area contributed by atoms with Crippen LogP contribution in [0.1, 0.15) is 46.0 Å². The molecule has 3 heteroatoms. The Balaban J connectivity index is 2.52. The summed E-state index contributed by atoms with van der Waals surface area (Å²) in [5.41, 5.74) is 0.109. The minimum Gasteiger partial charge on any atom is -0.480 e. The van der Waals surface area contributed by atoms with E-state index in [1.165, 1.54) is 12.8 Å². The van der Waals surface area contributed by atoms with Gasteiger partial charge in [0.2, 0.25) is 0 Å². The van der Waals surface area contributed by atoms with Crippen LogP contribution in [0.15, 0.2) is 0 Å². The van der Waals surface area contributed by atoms with Crippen LogP contribution < -0.4 is 5.32 Å². The highest BCUT2D eigenvalue weighted by Gasteiger charge is 2.34. The van der Waals surface area contributed by atoms with Gasteiger partial charge in [0.1, 0.15) is 6.04 Å². The predicted molar refractivity (Wildman–Crippen MR) is 51.7 cm³/mol. The minimum atomic E-state index is -0.750. The number of carboxylic acids is 1. The van der Waals surface area contributed by atoms with Crippen LogP contribution in [0.5, 0.6) is 0 Å². The first-order valence-corrected chi connectivity index (χ1v) is 5.10. The lowest BCUT2D eigenvalue weighted by atomic mass is 9.93. The quantitative estimate of drug-likeness (QED) is 0.701. The van der Waals surface area contributed by atoms with Gasteiger partial charge in [0.15, 0.2) is 0 Å². The molecule has 1 aliphatic carbocycles. The van der Waals surface area contributed by atoms with Gasteiger partial charge in [-0.1, -0.05) is 19.8 Å². The Morgan fingerprint density at radius 3 is 2.46 bits per heavy atom. The number of carbonyl (C=O) groups is 1. The number of hydrogen-bond acceptors (Lipinski definition) is 2. The van der Waals surface area contributed by atoms with Crippen molar-refractivity contribution in [1.82, 2.24) is 5.32 Å². The van der Waals surface area contributed by atoms with Gasteiger partial charge >= 0.3 is 5.97 Å². The lowest BCUT2D eigenvalue weighted by molar-refractivity contribution is -0.139. The maximum atomic E-state index is 10.7. The van der Waals surface area contributed by atoms with E-state index in [1.54, 1.807) is 6.92 Å². The van der Waals surface area contributed by atoms with Gasteiger partial charge in [-0.2, -0.15) is 0 Å². The predicted octanol–water partition coefficient (Wildman–Crippen LogP) is 1.77. The van der Waals surface area contributed by atoms with Gasteiger partial charge in [-0.3, -0.25) is 10.1 Å². The van der Waals surface area contributed by atoms with E-state index in [0.717, 1.165) is 19.3 Å². The molecule has 0 aliphatic heterocycles. The van der Waals surface area contributed by atoms with Crippen molar-refractivity contribution in [3.63, 3.8) is 0 Å². The molecule has 0 aromatic heterocycles. The molecule has 76 valence electrons. The van der Waals surface area contributed by atoms with Crippen molar-refractivity contribution in [1.29, 1.82) is 0 Å². The second-order valence-electron chi connectivity index (χ2n) is 4.05. The number of rotatable bonds is 4. The summed E-state index contributed by atoms with van der Waals surface area (Å²) in [5, 5.41) is 12.0. The van der Waals surface area contributed by atoms with Crippen LogP contribution in [0, 0.1) is 0 Å². The molecule has 0 unspecified atom stereocenters. The molecule has 0 aromatic rings. The summed E-state index contributed by atoms with van der Waals surface area (Å²) in [6.45, 7) is 3.85. The van der Waals surface area contributed by atoms with Crippen molar-refractivity contribution in [3.05, 3.63) is 0 Å². The lowest BCUT2D eigenvalue weighted by Crippen LogP contribution is -2.49. The number of hydrogen-bond donors (Lipinski definition) is 2. The molecule has 13 heavy (non-hydrogen) atoms. The van der Waals surface area contributed by atoms with Gasteiger partial charge in [0.05, 0.1) is 0 Å². The second-order valence-corrected chi connectivity index (χ2v) is 4.05. The highest BCUT2D eigenvalue weighted by atomic mass is 16.4. The normalized spacial score (nSPS) is 22.9. The van der Waals surface area contributed by atoms with Crippen molar-refractivity contribution >= 4 is 5.97 Å². The summed E-state index contributed by atoms with van der Waals surface area (Å²) in [5.74, 6) is -0.750. The van der Waals surface area contributed by atoms with E-state index < -0.39 is 12.0 Å². The highest BCUT2D eigenvalue weighted by Crippen LogP contribution is 2.32. The third-order valence-electron chi connectivity index (χ3n) is 3.13. The summed E-state index contributed by atoms with van der Waals surface area (Å²) >= 11 is 0. The summed E-state index contributed by atoms with van der Waals surface area (Å²) in [7, 11) is 0. The van der Waals surface area contributed by atoms with E-state index in [1.807, 2.05) is 0 Å². The van der Waals surface area contributed by atoms with Gasteiger partial charge < -0.3 is 5.11 Å². The lowest BCUT2D eigenvalue weighted by Gasteiger charge is -2.31. The second kappa shape index (κ2) is 4.09. The van der Waals surface area contributed by atoms with Crippen molar-refractivity contribution in [2.75, 3.05) is 0 Å². The smallest absolute Gasteiger partial charge is 0.320 e. The van der Waals surface area contributed by atoms with Crippen LogP contribution in [0.2, 0.25) is 0 Å². The Labute approximate surface area is 79.5 Å². The minimum absolute atomic E-state index is 0.109. The molecule has 0 heterocycles. The van der Waals surface area contributed by atoms with Crippen molar-refractivity contribution in [2.24, 2.45) is 0 Å². The molecule has 0 spiro atoms. The summed E-state index contributed by atoms with van der Waals surface area (Å²) < 4.78 is 0. The van der Waals surface area contributed by atoms with Crippen LogP contribution in [-0.2, 0) is 4.79 Å². The Morgan fingerprint density at radius 1 is 1.54 bits per heavy atom. The number of nitrogens with one attached hydrogen (secondary N) is 1. The largest absolute Gasteiger partial charge is 0.480 e. The maximum Gasteiger partial charge on any atom is 0.320 e. The maximum absolute atomic E-state index is 10.7. The fourth-order valence-electron chi connectivity index (χ4n) is 2.17. The standard InChI is InChI=1S/C10H19NO2/c1-3-10(6-4-5-7-10)11-8(2)9(12)13/h8,11H,3-7H2,1-2H3,(H,12,13)/t8-/m0/s1. The Kier molecular flexibility index (Phi) is 3.31. The van der Waals surface area contributed by atoms with Crippen LogP contribution in [0.3, 0.4) is 0 Å². The van der Waals surface area contributed by atoms with Crippen LogP contribution in [-0.4, -0.2) is 22.7 Å². The van der Waals surface area contributed by atoms with E-state index in [9.17, 15) is 4.79 Å². The summed E-state index contributed by atoms with van der Waals surface area (Å²) in [6, 6.07) is -0.418. The van der Waals surface area contributed by atoms with E-state index in [-0.39, 0.29) is 5.54 Å². The Bertz CT molecular complexity index is 185. The Hall–Kier alpha value is -0.570. The van der Waals surface area contributed by atoms with Crippen molar-refractivity contribution in [3.8, 4) is 0 Å². The molecule has 1 rings (SSSR count). The van der Waals surface area contributed by atoms with Gasteiger partial charge in [-0.05, 0) is 26.2 Å². The molecule has 0 radical (unpaired) electrons. The summed E-state index contributed by atoms with van der Waals surface area (Å²) in [4.78, 5) is 10.7. The van der Waals surface area contributed by atoms with Crippen molar-refractivity contribution in [2.45, 2.75) is 57.5 Å². The fourth-order valence-corrected chi connectivity index (χ4v) is 2.17. The van der Waals surface area contributed by atoms with Gasteiger partial charge in [-0.15, -0.1) is 0 Å². The molecule has 2 N–H and O–H groups in total. The molecule has 0 amide bonds. The van der Waals surface area contributed by atoms with E-state index in [0.29, 0.717) is 0 Å². The van der Waals surface area contributed by atoms with E-state index in [4.69, 9.17) is 5.11 Å². The first-order valence-electron chi connectivity index (χ1n) is 5.10. The first-order chi connectivity index (χ1) is 6.09. The molecule has 0 bridgehead atoms. The molecule has 1 atom stereocenters. The first kappa shape index (κ1) is 10.5. The third kappa shape index (κ3) is 2.44. The molecule has 1 saturated carbocycles. The average Bonchev–Trinajstić information content (AvgIpc) is 2.54. The average molecular weight is 185 g/mol. The zero-order valence-corrected chi connectivity index (χ0v) is 8.47. The van der Waals surface area contributed by atoms with Crippen LogP contribution >= 0.6 is 0 Å². The molecule has 3 nitrogen and oxygen atoms in total. The third-order valence-corrected chi connectivity index (χ3v) is 3.13. The van der Waals surface area contributed by atoms with Crippen LogP contribution in [0.4, 0.5) is 0 Å². The van der Waals surface area contributed by atoms with Crippen molar-refractivity contribution < 1.29 is 9.90 Å². The highest BCUT2D eigenvalue weighted by molar-refractivity contribution is 5.73. The molecular formula is C10H19NO2.